The van der Waals surface area contributed by atoms with Crippen molar-refractivity contribution in [3.05, 3.63) is 66.1 Å². The number of amides is 1. The number of hydrogen-bond donors (Lipinski definition) is 0. The van der Waals surface area contributed by atoms with Crippen molar-refractivity contribution in [3.63, 3.8) is 0 Å². The molecule has 7 heteroatoms. The third-order valence-electron chi connectivity index (χ3n) is 4.23. The first-order chi connectivity index (χ1) is 12.2. The van der Waals surface area contributed by atoms with Crippen LogP contribution in [0, 0.1) is 5.82 Å². The molecule has 1 saturated heterocycles. The Morgan fingerprint density at radius 1 is 1.16 bits per heavy atom. The van der Waals surface area contributed by atoms with Crippen LogP contribution >= 0.6 is 0 Å². The Labute approximate surface area is 143 Å². The molecule has 0 saturated carbocycles. The van der Waals surface area contributed by atoms with Crippen LogP contribution in [0.2, 0.25) is 0 Å². The number of hydrogen-bond acceptors (Lipinski definition) is 5. The smallest absolute Gasteiger partial charge is 0.233 e. The first-order valence-corrected chi connectivity index (χ1v) is 7.95. The Kier molecular flexibility index (Phi) is 3.97. The first kappa shape index (κ1) is 15.4. The minimum Gasteiger partial charge on any atom is -0.341 e. The maximum atomic E-state index is 12.9. The molecule has 6 nitrogen and oxygen atoms in total. The van der Waals surface area contributed by atoms with Crippen molar-refractivity contribution in [3.8, 4) is 11.4 Å². The molecule has 4 rings (SSSR count). The summed E-state index contributed by atoms with van der Waals surface area (Å²) in [7, 11) is 0. The second-order valence-electron chi connectivity index (χ2n) is 5.99. The quantitative estimate of drug-likeness (QED) is 0.731. The van der Waals surface area contributed by atoms with E-state index >= 15 is 0 Å². The van der Waals surface area contributed by atoms with E-state index in [-0.39, 0.29) is 24.1 Å². The van der Waals surface area contributed by atoms with Gasteiger partial charge in [0.2, 0.25) is 17.6 Å². The molecule has 0 radical (unpaired) electrons. The van der Waals surface area contributed by atoms with Crippen LogP contribution in [0.15, 0.2) is 53.3 Å². The lowest BCUT2D eigenvalue weighted by Gasteiger charge is -2.37. The zero-order valence-electron chi connectivity index (χ0n) is 13.3. The van der Waals surface area contributed by atoms with Crippen LogP contribution in [0.4, 0.5) is 4.39 Å². The standard InChI is InChI=1S/C18H15FN4O2/c19-15-3-1-12(2-4-15)9-16(24)23-10-14(11-23)18-21-17(22-25-18)13-5-7-20-8-6-13/h1-8,14H,9-11H2. The Morgan fingerprint density at radius 3 is 2.60 bits per heavy atom. The largest absolute Gasteiger partial charge is 0.341 e. The summed E-state index contributed by atoms with van der Waals surface area (Å²) in [6.45, 7) is 1.11. The third-order valence-corrected chi connectivity index (χ3v) is 4.23. The zero-order chi connectivity index (χ0) is 17.2. The van der Waals surface area contributed by atoms with Crippen molar-refractivity contribution in [2.75, 3.05) is 13.1 Å². The molecule has 0 bridgehead atoms. The number of aromatic nitrogens is 3. The summed E-state index contributed by atoms with van der Waals surface area (Å²) in [5, 5.41) is 3.98. The van der Waals surface area contributed by atoms with Crippen molar-refractivity contribution >= 4 is 5.91 Å². The molecule has 1 aliphatic heterocycles. The number of carbonyl (C=O) groups is 1. The number of benzene rings is 1. The van der Waals surface area contributed by atoms with E-state index in [4.69, 9.17) is 4.52 Å². The van der Waals surface area contributed by atoms with Crippen LogP contribution in [-0.4, -0.2) is 39.0 Å². The van der Waals surface area contributed by atoms with Gasteiger partial charge in [0, 0.05) is 31.0 Å². The van der Waals surface area contributed by atoms with Crippen molar-refractivity contribution < 1.29 is 13.7 Å². The van der Waals surface area contributed by atoms with Crippen molar-refractivity contribution in [2.24, 2.45) is 0 Å². The van der Waals surface area contributed by atoms with E-state index in [1.54, 1.807) is 29.4 Å². The molecule has 0 atom stereocenters. The van der Waals surface area contributed by atoms with E-state index in [9.17, 15) is 9.18 Å². The maximum absolute atomic E-state index is 12.9. The van der Waals surface area contributed by atoms with Gasteiger partial charge in [-0.1, -0.05) is 17.3 Å². The number of likely N-dealkylation sites (tertiary alicyclic amines) is 1. The van der Waals surface area contributed by atoms with Crippen LogP contribution in [0.3, 0.4) is 0 Å². The van der Waals surface area contributed by atoms with E-state index in [1.807, 2.05) is 12.1 Å². The maximum Gasteiger partial charge on any atom is 0.233 e. The molecule has 1 fully saturated rings. The molecule has 1 aromatic carbocycles. The second kappa shape index (κ2) is 6.43. The van der Waals surface area contributed by atoms with Crippen LogP contribution in [-0.2, 0) is 11.2 Å². The molecule has 126 valence electrons. The average molecular weight is 338 g/mol. The first-order valence-electron chi connectivity index (χ1n) is 7.95. The molecule has 3 heterocycles. The number of carbonyl (C=O) groups excluding carboxylic acids is 1. The summed E-state index contributed by atoms with van der Waals surface area (Å²) < 4.78 is 18.2. The van der Waals surface area contributed by atoms with E-state index in [1.165, 1.54) is 12.1 Å². The van der Waals surface area contributed by atoms with Gasteiger partial charge in [-0.05, 0) is 29.8 Å². The van der Waals surface area contributed by atoms with Gasteiger partial charge in [-0.2, -0.15) is 4.98 Å². The molecule has 0 aliphatic carbocycles. The lowest BCUT2D eigenvalue weighted by atomic mass is 9.99. The minimum absolute atomic E-state index is 0.0109. The van der Waals surface area contributed by atoms with Crippen molar-refractivity contribution in [2.45, 2.75) is 12.3 Å². The van der Waals surface area contributed by atoms with Gasteiger partial charge in [0.25, 0.3) is 0 Å². The van der Waals surface area contributed by atoms with E-state index in [2.05, 4.69) is 15.1 Å². The highest BCUT2D eigenvalue weighted by atomic mass is 19.1. The number of rotatable bonds is 4. The number of nitrogens with zero attached hydrogens (tertiary/aromatic N) is 4. The molecule has 25 heavy (non-hydrogen) atoms. The van der Waals surface area contributed by atoms with Gasteiger partial charge in [0.1, 0.15) is 5.82 Å². The normalized spacial score (nSPS) is 14.4. The summed E-state index contributed by atoms with van der Waals surface area (Å²) in [5.41, 5.74) is 1.64. The summed E-state index contributed by atoms with van der Waals surface area (Å²) >= 11 is 0. The topological polar surface area (TPSA) is 72.1 Å². The van der Waals surface area contributed by atoms with Gasteiger partial charge in [0.05, 0.1) is 12.3 Å². The number of pyridine rings is 1. The minimum atomic E-state index is -0.304. The Hall–Kier alpha value is -3.09. The molecular formula is C18H15FN4O2. The molecule has 1 amide bonds. The van der Waals surface area contributed by atoms with Gasteiger partial charge in [-0.15, -0.1) is 0 Å². The number of halogens is 1. The summed E-state index contributed by atoms with van der Waals surface area (Å²) in [5.74, 6) is 0.824. The average Bonchev–Trinajstić information content (AvgIpc) is 3.06. The van der Waals surface area contributed by atoms with E-state index in [0.29, 0.717) is 24.8 Å². The molecular weight excluding hydrogens is 323 g/mol. The van der Waals surface area contributed by atoms with Gasteiger partial charge in [-0.25, -0.2) is 4.39 Å². The van der Waals surface area contributed by atoms with Crippen LogP contribution in [0.1, 0.15) is 17.4 Å². The highest BCUT2D eigenvalue weighted by molar-refractivity contribution is 5.79. The summed E-state index contributed by atoms with van der Waals surface area (Å²) in [6, 6.07) is 9.61. The third kappa shape index (κ3) is 3.26. The Morgan fingerprint density at radius 2 is 1.88 bits per heavy atom. The monoisotopic (exact) mass is 338 g/mol. The zero-order valence-corrected chi connectivity index (χ0v) is 13.3. The van der Waals surface area contributed by atoms with Crippen molar-refractivity contribution in [1.29, 1.82) is 0 Å². The molecule has 3 aromatic rings. The Balaban J connectivity index is 1.35. The fourth-order valence-corrected chi connectivity index (χ4v) is 2.75. The van der Waals surface area contributed by atoms with E-state index in [0.717, 1.165) is 11.1 Å². The SMILES string of the molecule is O=C(Cc1ccc(F)cc1)N1CC(c2nc(-c3ccncc3)no2)C1. The van der Waals surface area contributed by atoms with Crippen molar-refractivity contribution in [1.82, 2.24) is 20.0 Å². The fraction of sp³-hybridized carbons (Fsp3) is 0.222. The predicted octanol–water partition coefficient (Wildman–Crippen LogP) is 2.44. The summed E-state index contributed by atoms with van der Waals surface area (Å²) in [4.78, 5) is 22.3. The summed E-state index contributed by atoms with van der Waals surface area (Å²) in [6.07, 6.45) is 3.61. The van der Waals surface area contributed by atoms with Crippen LogP contribution in [0.25, 0.3) is 11.4 Å². The molecule has 0 unspecified atom stereocenters. The van der Waals surface area contributed by atoms with Gasteiger partial charge in [0.15, 0.2) is 0 Å². The Bertz CT molecular complexity index is 874. The molecule has 2 aromatic heterocycles. The molecule has 1 aliphatic rings. The predicted molar refractivity (Wildman–Crippen MR) is 87.0 cm³/mol. The van der Waals surface area contributed by atoms with Crippen LogP contribution in [0.5, 0.6) is 0 Å². The lowest BCUT2D eigenvalue weighted by molar-refractivity contribution is -0.135. The van der Waals surface area contributed by atoms with Gasteiger partial charge < -0.3 is 9.42 Å². The fourth-order valence-electron chi connectivity index (χ4n) is 2.75. The van der Waals surface area contributed by atoms with Crippen LogP contribution < -0.4 is 0 Å². The van der Waals surface area contributed by atoms with E-state index < -0.39 is 0 Å². The molecule has 0 N–H and O–H groups in total. The highest BCUT2D eigenvalue weighted by Crippen LogP contribution is 2.28. The van der Waals surface area contributed by atoms with Gasteiger partial charge in [-0.3, -0.25) is 9.78 Å². The highest BCUT2D eigenvalue weighted by Gasteiger charge is 2.35. The lowest BCUT2D eigenvalue weighted by Crippen LogP contribution is -2.49. The second-order valence-corrected chi connectivity index (χ2v) is 5.99. The van der Waals surface area contributed by atoms with Gasteiger partial charge >= 0.3 is 0 Å². The molecule has 0 spiro atoms.